The lowest BCUT2D eigenvalue weighted by Gasteiger charge is -2.12. The van der Waals surface area contributed by atoms with Gasteiger partial charge in [-0.25, -0.2) is 15.0 Å². The molecule has 0 saturated carbocycles. The zero-order valence-electron chi connectivity index (χ0n) is 24.4. The summed E-state index contributed by atoms with van der Waals surface area (Å²) in [5.41, 5.74) is 7.48. The Morgan fingerprint density at radius 1 is 0.543 bits per heavy atom. The highest BCUT2D eigenvalue weighted by molar-refractivity contribution is 6.23. The number of nitriles is 1. The van der Waals surface area contributed by atoms with Crippen LogP contribution in [0, 0.1) is 11.3 Å². The lowest BCUT2D eigenvalue weighted by molar-refractivity contribution is 0.673. The summed E-state index contributed by atoms with van der Waals surface area (Å²) in [4.78, 5) is 14.5. The van der Waals surface area contributed by atoms with Gasteiger partial charge in [0.1, 0.15) is 11.2 Å². The van der Waals surface area contributed by atoms with E-state index < -0.39 is 0 Å². The van der Waals surface area contributed by atoms with Crippen LogP contribution >= 0.6 is 0 Å². The van der Waals surface area contributed by atoms with Crippen molar-refractivity contribution in [2.45, 2.75) is 0 Å². The maximum Gasteiger partial charge on any atom is 0.165 e. The van der Waals surface area contributed by atoms with E-state index in [0.717, 1.165) is 60.6 Å². The smallest absolute Gasteiger partial charge is 0.165 e. The molecule has 46 heavy (non-hydrogen) atoms. The Labute approximate surface area is 263 Å². The van der Waals surface area contributed by atoms with Crippen LogP contribution in [0.1, 0.15) is 5.56 Å². The van der Waals surface area contributed by atoms with Crippen LogP contribution in [0.15, 0.2) is 144 Å². The first kappa shape index (κ1) is 25.9. The second-order valence-electron chi connectivity index (χ2n) is 11.2. The number of aromatic nitrogens is 4. The van der Waals surface area contributed by atoms with Gasteiger partial charge in [-0.2, -0.15) is 5.26 Å². The number of hydrogen-bond acceptors (Lipinski definition) is 5. The van der Waals surface area contributed by atoms with Crippen LogP contribution in [-0.4, -0.2) is 19.5 Å². The zero-order chi connectivity index (χ0) is 30.6. The highest BCUT2D eigenvalue weighted by Crippen LogP contribution is 2.41. The molecular formula is C40H23N5O. The van der Waals surface area contributed by atoms with E-state index in [1.165, 1.54) is 0 Å². The van der Waals surface area contributed by atoms with Gasteiger partial charge in [-0.15, -0.1) is 0 Å². The fraction of sp³-hybridized carbons (Fsp3) is 0. The molecular weight excluding hydrogens is 566 g/mol. The third kappa shape index (κ3) is 4.00. The van der Waals surface area contributed by atoms with E-state index in [1.54, 1.807) is 0 Å². The third-order valence-electron chi connectivity index (χ3n) is 8.50. The molecule has 9 rings (SSSR count). The van der Waals surface area contributed by atoms with Gasteiger partial charge < -0.3 is 8.98 Å². The van der Waals surface area contributed by atoms with Gasteiger partial charge in [0.25, 0.3) is 0 Å². The second-order valence-corrected chi connectivity index (χ2v) is 11.2. The van der Waals surface area contributed by atoms with Crippen molar-refractivity contribution in [2.24, 2.45) is 0 Å². The minimum absolute atomic E-state index is 0.446. The summed E-state index contributed by atoms with van der Waals surface area (Å²) in [7, 11) is 0. The van der Waals surface area contributed by atoms with Crippen LogP contribution in [0.5, 0.6) is 0 Å². The average Bonchev–Trinajstić information content (AvgIpc) is 3.68. The Morgan fingerprint density at radius 3 is 1.89 bits per heavy atom. The molecule has 0 aliphatic rings. The zero-order valence-corrected chi connectivity index (χ0v) is 24.4. The first-order valence-electron chi connectivity index (χ1n) is 15.0. The minimum Gasteiger partial charge on any atom is -0.455 e. The molecule has 0 saturated heterocycles. The number of rotatable bonds is 4. The molecule has 0 N–H and O–H groups in total. The molecule has 0 radical (unpaired) electrons. The highest BCUT2D eigenvalue weighted by atomic mass is 16.3. The molecule has 0 bridgehead atoms. The van der Waals surface area contributed by atoms with Crippen LogP contribution < -0.4 is 0 Å². The van der Waals surface area contributed by atoms with E-state index in [9.17, 15) is 5.26 Å². The summed E-state index contributed by atoms with van der Waals surface area (Å²) in [5, 5.41) is 14.8. The van der Waals surface area contributed by atoms with Crippen LogP contribution in [-0.2, 0) is 0 Å². The van der Waals surface area contributed by atoms with Crippen molar-refractivity contribution in [3.8, 4) is 45.9 Å². The standard InChI is InChI=1S/C40H23N5O/c41-24-27-23-28(19-20-29(27)40-43-38(25-11-3-1-4-12-25)42-39(44-40)26-13-5-2-6-14-26)45-33-17-9-7-16-32(33)36-34(45)22-21-31-30-15-8-10-18-35(30)46-37(31)36/h1-23H. The van der Waals surface area contributed by atoms with Crippen molar-refractivity contribution in [1.29, 1.82) is 5.26 Å². The van der Waals surface area contributed by atoms with Crippen molar-refractivity contribution >= 4 is 43.7 Å². The lowest BCUT2D eigenvalue weighted by Crippen LogP contribution is -2.02. The summed E-state index contributed by atoms with van der Waals surface area (Å²) in [6, 6.07) is 48.7. The van der Waals surface area contributed by atoms with Gasteiger partial charge in [-0.1, -0.05) is 97.1 Å². The second kappa shape index (κ2) is 10.3. The Kier molecular flexibility index (Phi) is 5.77. The highest BCUT2D eigenvalue weighted by Gasteiger charge is 2.20. The van der Waals surface area contributed by atoms with Gasteiger partial charge in [0.2, 0.25) is 0 Å². The van der Waals surface area contributed by atoms with E-state index in [2.05, 4.69) is 41.0 Å². The molecule has 6 aromatic carbocycles. The number of para-hydroxylation sites is 2. The molecule has 3 heterocycles. The van der Waals surface area contributed by atoms with E-state index in [1.807, 2.05) is 109 Å². The predicted molar refractivity (Wildman–Crippen MR) is 182 cm³/mol. The first-order valence-corrected chi connectivity index (χ1v) is 15.0. The van der Waals surface area contributed by atoms with Crippen LogP contribution in [0.25, 0.3) is 83.6 Å². The molecule has 6 nitrogen and oxygen atoms in total. The van der Waals surface area contributed by atoms with Crippen molar-refractivity contribution in [3.05, 3.63) is 145 Å². The lowest BCUT2D eigenvalue weighted by atomic mass is 10.1. The number of furan rings is 1. The van der Waals surface area contributed by atoms with Gasteiger partial charge in [0.05, 0.1) is 28.1 Å². The summed E-state index contributed by atoms with van der Waals surface area (Å²) in [6.07, 6.45) is 0. The normalized spacial score (nSPS) is 11.5. The molecule has 9 aromatic rings. The van der Waals surface area contributed by atoms with Crippen molar-refractivity contribution in [1.82, 2.24) is 19.5 Å². The topological polar surface area (TPSA) is 80.5 Å². The number of fused-ring (bicyclic) bond motifs is 7. The fourth-order valence-electron chi connectivity index (χ4n) is 6.40. The minimum atomic E-state index is 0.446. The van der Waals surface area contributed by atoms with Crippen molar-refractivity contribution in [3.63, 3.8) is 0 Å². The molecule has 0 atom stereocenters. The molecule has 0 unspecified atom stereocenters. The maximum absolute atomic E-state index is 10.5. The molecule has 6 heteroatoms. The molecule has 0 spiro atoms. The summed E-state index contributed by atoms with van der Waals surface area (Å²) in [6.45, 7) is 0. The summed E-state index contributed by atoms with van der Waals surface area (Å²) < 4.78 is 8.65. The van der Waals surface area contributed by atoms with Crippen molar-refractivity contribution < 1.29 is 4.42 Å². The SMILES string of the molecule is N#Cc1cc(-n2c3ccccc3c3c4oc5ccccc5c4ccc32)ccc1-c1nc(-c2ccccc2)nc(-c2ccccc2)n1. The van der Waals surface area contributed by atoms with E-state index in [4.69, 9.17) is 19.4 Å². The first-order chi connectivity index (χ1) is 22.8. The van der Waals surface area contributed by atoms with E-state index in [0.29, 0.717) is 28.6 Å². The van der Waals surface area contributed by atoms with Crippen LogP contribution in [0.2, 0.25) is 0 Å². The van der Waals surface area contributed by atoms with Crippen LogP contribution in [0.4, 0.5) is 0 Å². The maximum atomic E-state index is 10.5. The molecule has 0 aliphatic heterocycles. The molecule has 0 amide bonds. The molecule has 0 aliphatic carbocycles. The Bertz CT molecular complexity index is 2590. The van der Waals surface area contributed by atoms with E-state index in [-0.39, 0.29) is 0 Å². The summed E-state index contributed by atoms with van der Waals surface area (Å²) in [5.74, 6) is 1.55. The van der Waals surface area contributed by atoms with Gasteiger partial charge >= 0.3 is 0 Å². The Balaban J connectivity index is 1.26. The quantitative estimate of drug-likeness (QED) is 0.204. The monoisotopic (exact) mass is 589 g/mol. The molecule has 3 aromatic heterocycles. The third-order valence-corrected chi connectivity index (χ3v) is 8.50. The Hall–Kier alpha value is -6.58. The molecule has 0 fully saturated rings. The van der Waals surface area contributed by atoms with Crippen LogP contribution in [0.3, 0.4) is 0 Å². The number of benzene rings is 6. The largest absolute Gasteiger partial charge is 0.455 e. The number of nitrogens with zero attached hydrogens (tertiary/aromatic N) is 5. The number of hydrogen-bond donors (Lipinski definition) is 0. The van der Waals surface area contributed by atoms with Gasteiger partial charge in [0.15, 0.2) is 17.5 Å². The van der Waals surface area contributed by atoms with E-state index >= 15 is 0 Å². The van der Waals surface area contributed by atoms with Gasteiger partial charge in [-0.05, 0) is 42.5 Å². The summed E-state index contributed by atoms with van der Waals surface area (Å²) >= 11 is 0. The average molecular weight is 590 g/mol. The fourth-order valence-corrected chi connectivity index (χ4v) is 6.40. The molecule has 214 valence electrons. The van der Waals surface area contributed by atoms with Crippen molar-refractivity contribution in [2.75, 3.05) is 0 Å². The Morgan fingerprint density at radius 2 is 1.17 bits per heavy atom. The van der Waals surface area contributed by atoms with Gasteiger partial charge in [0, 0.05) is 38.5 Å². The van der Waals surface area contributed by atoms with Gasteiger partial charge in [-0.3, -0.25) is 0 Å². The predicted octanol–water partition coefficient (Wildman–Crippen LogP) is 9.74.